The Bertz CT molecular complexity index is 374. The van der Waals surface area contributed by atoms with Crippen molar-refractivity contribution in [1.29, 1.82) is 0 Å². The predicted octanol–water partition coefficient (Wildman–Crippen LogP) is 6.76. The zero-order valence-corrected chi connectivity index (χ0v) is 17.0. The van der Waals surface area contributed by atoms with Gasteiger partial charge in [0.2, 0.25) is 0 Å². The van der Waals surface area contributed by atoms with E-state index < -0.39 is 11.9 Å². The molecule has 0 aliphatic heterocycles. The minimum Gasteiger partial charge on any atom is -0.481 e. The van der Waals surface area contributed by atoms with Gasteiger partial charge in [-0.25, -0.2) is 4.79 Å². The molecule has 152 valence electrons. The standard InChI is InChI=1S/C18H34O2.C4H6O2/c1-2-3-4-5-6-7-8-9-10-11-12-13-14-15-16-17-18(19)20;1-3(2)4(5)6/h9-10H,2-8,11-17H2,1H3,(H,19,20);1H2,2H3,(H,5,6)/b10-9-;. The molecule has 0 spiro atoms. The van der Waals surface area contributed by atoms with Crippen molar-refractivity contribution in [3.63, 3.8) is 0 Å². The second-order valence-corrected chi connectivity index (χ2v) is 6.81. The predicted molar refractivity (Wildman–Crippen MR) is 110 cm³/mol. The molecule has 0 saturated heterocycles. The number of rotatable bonds is 16. The maximum atomic E-state index is 10.3. The molecule has 4 heteroatoms. The molecule has 0 aromatic carbocycles. The third-order valence-corrected chi connectivity index (χ3v) is 4.02. The summed E-state index contributed by atoms with van der Waals surface area (Å²) < 4.78 is 0. The molecule has 0 aromatic heterocycles. The van der Waals surface area contributed by atoms with Gasteiger partial charge in [-0.1, -0.05) is 77.0 Å². The molecule has 0 atom stereocenters. The number of unbranched alkanes of at least 4 members (excludes halogenated alkanes) is 11. The molecule has 0 fully saturated rings. The lowest BCUT2D eigenvalue weighted by Crippen LogP contribution is -1.93. The molecular formula is C22H40O4. The molecule has 0 radical (unpaired) electrons. The van der Waals surface area contributed by atoms with Crippen molar-refractivity contribution in [3.8, 4) is 0 Å². The van der Waals surface area contributed by atoms with E-state index in [4.69, 9.17) is 10.2 Å². The van der Waals surface area contributed by atoms with E-state index in [0.29, 0.717) is 6.42 Å². The molecule has 2 N–H and O–H groups in total. The van der Waals surface area contributed by atoms with Crippen LogP contribution in [0.4, 0.5) is 0 Å². The first-order chi connectivity index (χ1) is 12.4. The van der Waals surface area contributed by atoms with Gasteiger partial charge in [0.15, 0.2) is 0 Å². The number of hydrogen-bond donors (Lipinski definition) is 2. The van der Waals surface area contributed by atoms with Gasteiger partial charge < -0.3 is 10.2 Å². The maximum absolute atomic E-state index is 10.3. The molecule has 4 nitrogen and oxygen atoms in total. The van der Waals surface area contributed by atoms with E-state index in [9.17, 15) is 9.59 Å². The van der Waals surface area contributed by atoms with Gasteiger partial charge in [-0.3, -0.25) is 4.79 Å². The summed E-state index contributed by atoms with van der Waals surface area (Å²) in [6.07, 6.45) is 21.2. The van der Waals surface area contributed by atoms with E-state index in [1.165, 1.54) is 77.6 Å². The van der Waals surface area contributed by atoms with E-state index in [0.717, 1.165) is 12.8 Å². The Labute approximate surface area is 160 Å². The van der Waals surface area contributed by atoms with Crippen LogP contribution in [-0.2, 0) is 9.59 Å². The Balaban J connectivity index is 0. The fourth-order valence-corrected chi connectivity index (χ4v) is 2.35. The summed E-state index contributed by atoms with van der Waals surface area (Å²) in [5.41, 5.74) is 0.176. The van der Waals surface area contributed by atoms with Crippen LogP contribution in [-0.4, -0.2) is 22.2 Å². The van der Waals surface area contributed by atoms with Gasteiger partial charge in [0, 0.05) is 12.0 Å². The van der Waals surface area contributed by atoms with Crippen molar-refractivity contribution in [2.45, 2.75) is 104 Å². The first-order valence-corrected chi connectivity index (χ1v) is 10.2. The monoisotopic (exact) mass is 368 g/mol. The topological polar surface area (TPSA) is 74.6 Å². The molecule has 0 rings (SSSR count). The number of aliphatic carboxylic acids is 2. The molecule has 26 heavy (non-hydrogen) atoms. The molecule has 0 heterocycles. The SMILES string of the molecule is C=C(C)C(=O)O.CCCCCCCC/C=C\CCCCCCCC(=O)O. The Hall–Kier alpha value is -1.58. The number of carboxylic acids is 2. The second kappa shape index (κ2) is 21.5. The van der Waals surface area contributed by atoms with Crippen LogP contribution >= 0.6 is 0 Å². The quantitative estimate of drug-likeness (QED) is 0.179. The van der Waals surface area contributed by atoms with Gasteiger partial charge in [-0.15, -0.1) is 0 Å². The van der Waals surface area contributed by atoms with Crippen molar-refractivity contribution >= 4 is 11.9 Å². The van der Waals surface area contributed by atoms with E-state index in [1.54, 1.807) is 0 Å². The number of carbonyl (C=O) groups is 2. The van der Waals surface area contributed by atoms with Gasteiger partial charge in [-0.05, 0) is 39.0 Å². The Morgan fingerprint density at radius 3 is 1.54 bits per heavy atom. The molecule has 0 aromatic rings. The van der Waals surface area contributed by atoms with Crippen molar-refractivity contribution in [1.82, 2.24) is 0 Å². The van der Waals surface area contributed by atoms with Crippen LogP contribution in [0.2, 0.25) is 0 Å². The highest BCUT2D eigenvalue weighted by Gasteiger charge is 1.95. The summed E-state index contributed by atoms with van der Waals surface area (Å²) >= 11 is 0. The van der Waals surface area contributed by atoms with Crippen molar-refractivity contribution < 1.29 is 19.8 Å². The van der Waals surface area contributed by atoms with Gasteiger partial charge in [0.25, 0.3) is 0 Å². The van der Waals surface area contributed by atoms with Gasteiger partial charge >= 0.3 is 11.9 Å². The summed E-state index contributed by atoms with van der Waals surface area (Å²) in [4.78, 5) is 19.9. The van der Waals surface area contributed by atoms with Crippen LogP contribution in [0, 0.1) is 0 Å². The van der Waals surface area contributed by atoms with Gasteiger partial charge in [0.05, 0.1) is 0 Å². The van der Waals surface area contributed by atoms with Crippen molar-refractivity contribution in [2.75, 3.05) is 0 Å². The average Bonchev–Trinajstić information content (AvgIpc) is 2.58. The number of allylic oxidation sites excluding steroid dienone is 2. The normalized spacial score (nSPS) is 10.4. The lowest BCUT2D eigenvalue weighted by atomic mass is 10.1. The Kier molecular flexibility index (Phi) is 22.0. The van der Waals surface area contributed by atoms with E-state index in [2.05, 4.69) is 25.7 Å². The summed E-state index contributed by atoms with van der Waals surface area (Å²) in [6.45, 7) is 6.86. The number of carboxylic acid groups (broad SMARTS) is 2. The largest absolute Gasteiger partial charge is 0.481 e. The maximum Gasteiger partial charge on any atom is 0.330 e. The minimum atomic E-state index is -0.935. The zero-order chi connectivity index (χ0) is 20.0. The highest BCUT2D eigenvalue weighted by Crippen LogP contribution is 2.09. The molecule has 0 amide bonds. The molecule has 0 aliphatic carbocycles. The molecule has 0 saturated carbocycles. The third kappa shape index (κ3) is 27.3. The highest BCUT2D eigenvalue weighted by molar-refractivity contribution is 5.84. The molecular weight excluding hydrogens is 328 g/mol. The minimum absolute atomic E-state index is 0.176. The molecule has 0 bridgehead atoms. The van der Waals surface area contributed by atoms with E-state index in [1.807, 2.05) is 0 Å². The van der Waals surface area contributed by atoms with Crippen molar-refractivity contribution in [2.24, 2.45) is 0 Å². The highest BCUT2D eigenvalue weighted by atomic mass is 16.4. The molecule has 0 unspecified atom stereocenters. The second-order valence-electron chi connectivity index (χ2n) is 6.81. The molecule has 0 aliphatic rings. The summed E-state index contributed by atoms with van der Waals surface area (Å²) in [6, 6.07) is 0. The number of hydrogen-bond acceptors (Lipinski definition) is 2. The summed E-state index contributed by atoms with van der Waals surface area (Å²) in [7, 11) is 0. The first kappa shape index (κ1) is 26.6. The fourth-order valence-electron chi connectivity index (χ4n) is 2.35. The van der Waals surface area contributed by atoms with E-state index >= 15 is 0 Å². The average molecular weight is 369 g/mol. The first-order valence-electron chi connectivity index (χ1n) is 10.2. The van der Waals surface area contributed by atoms with Crippen LogP contribution < -0.4 is 0 Å². The van der Waals surface area contributed by atoms with Gasteiger partial charge in [0.1, 0.15) is 0 Å². The van der Waals surface area contributed by atoms with E-state index in [-0.39, 0.29) is 5.57 Å². The fraction of sp³-hybridized carbons (Fsp3) is 0.727. The lowest BCUT2D eigenvalue weighted by Gasteiger charge is -1.99. The lowest BCUT2D eigenvalue weighted by molar-refractivity contribution is -0.137. The Morgan fingerprint density at radius 2 is 1.15 bits per heavy atom. The van der Waals surface area contributed by atoms with Crippen molar-refractivity contribution in [3.05, 3.63) is 24.3 Å². The summed E-state index contributed by atoms with van der Waals surface area (Å²) in [5.74, 6) is -1.60. The summed E-state index contributed by atoms with van der Waals surface area (Å²) in [5, 5.41) is 16.4. The van der Waals surface area contributed by atoms with Crippen LogP contribution in [0.1, 0.15) is 104 Å². The van der Waals surface area contributed by atoms with Crippen LogP contribution in [0.25, 0.3) is 0 Å². The smallest absolute Gasteiger partial charge is 0.330 e. The van der Waals surface area contributed by atoms with Gasteiger partial charge in [-0.2, -0.15) is 0 Å². The van der Waals surface area contributed by atoms with Crippen LogP contribution in [0.5, 0.6) is 0 Å². The zero-order valence-electron chi connectivity index (χ0n) is 17.0. The third-order valence-electron chi connectivity index (χ3n) is 4.02. The van der Waals surface area contributed by atoms with Crippen LogP contribution in [0.3, 0.4) is 0 Å². The van der Waals surface area contributed by atoms with Crippen LogP contribution in [0.15, 0.2) is 24.3 Å². The Morgan fingerprint density at radius 1 is 0.769 bits per heavy atom.